The van der Waals surface area contributed by atoms with Crippen molar-refractivity contribution in [2.75, 3.05) is 5.73 Å². The molecule has 0 atom stereocenters. The van der Waals surface area contributed by atoms with Crippen LogP contribution in [0.3, 0.4) is 0 Å². The van der Waals surface area contributed by atoms with Gasteiger partial charge in [0.25, 0.3) is 5.56 Å². The second-order valence-electron chi connectivity index (χ2n) is 1.84. The number of carboxylic acids is 1. The first-order chi connectivity index (χ1) is 5.11. The molecule has 11 heavy (non-hydrogen) atoms. The van der Waals surface area contributed by atoms with Gasteiger partial charge in [0.2, 0.25) is 0 Å². The van der Waals surface area contributed by atoms with Gasteiger partial charge in [-0.25, -0.2) is 9.89 Å². The number of hydrogen-bond acceptors (Lipinski definition) is 4. The molecule has 0 fully saturated rings. The monoisotopic (exact) mass is 155 g/mol. The third kappa shape index (κ3) is 1.34. The number of anilines is 1. The van der Waals surface area contributed by atoms with E-state index in [4.69, 9.17) is 10.8 Å². The number of H-pyrrole nitrogens is 1. The van der Waals surface area contributed by atoms with E-state index in [9.17, 15) is 9.59 Å². The fraction of sp³-hybridized carbons (Fsp3) is 0. The number of aromatic nitrogens is 2. The maximum atomic E-state index is 10.7. The highest BCUT2D eigenvalue weighted by atomic mass is 16.4. The van der Waals surface area contributed by atoms with Crippen LogP contribution in [0.4, 0.5) is 5.82 Å². The molecular formula is C5H5N3O3. The van der Waals surface area contributed by atoms with Crippen LogP contribution in [0.15, 0.2) is 10.9 Å². The predicted octanol–water partition coefficient (Wildman–Crippen LogP) is -0.950. The molecule has 0 aromatic carbocycles. The van der Waals surface area contributed by atoms with Gasteiger partial charge in [-0.05, 0) is 0 Å². The number of aromatic carboxylic acids is 1. The molecule has 0 saturated carbocycles. The van der Waals surface area contributed by atoms with Crippen LogP contribution in [0.1, 0.15) is 10.4 Å². The van der Waals surface area contributed by atoms with Crippen molar-refractivity contribution < 1.29 is 9.90 Å². The van der Waals surface area contributed by atoms with Crippen molar-refractivity contribution in [3.05, 3.63) is 22.0 Å². The minimum Gasteiger partial charge on any atom is -0.477 e. The Kier molecular flexibility index (Phi) is 1.59. The van der Waals surface area contributed by atoms with Crippen molar-refractivity contribution in [1.82, 2.24) is 10.2 Å². The molecule has 6 nitrogen and oxygen atoms in total. The van der Waals surface area contributed by atoms with Gasteiger partial charge in [-0.15, -0.1) is 0 Å². The predicted molar refractivity (Wildman–Crippen MR) is 36.2 cm³/mol. The van der Waals surface area contributed by atoms with Crippen LogP contribution >= 0.6 is 0 Å². The van der Waals surface area contributed by atoms with Gasteiger partial charge in [0.1, 0.15) is 11.4 Å². The number of nitrogens with two attached hydrogens (primary N) is 1. The van der Waals surface area contributed by atoms with Gasteiger partial charge in [0, 0.05) is 6.07 Å². The van der Waals surface area contributed by atoms with E-state index in [1.54, 1.807) is 0 Å². The van der Waals surface area contributed by atoms with Crippen LogP contribution in [-0.4, -0.2) is 21.3 Å². The van der Waals surface area contributed by atoms with Crippen LogP contribution < -0.4 is 11.3 Å². The summed E-state index contributed by atoms with van der Waals surface area (Å²) in [5.41, 5.74) is 3.96. The number of hydrogen-bond donors (Lipinski definition) is 3. The number of aromatic amines is 1. The molecule has 0 radical (unpaired) electrons. The summed E-state index contributed by atoms with van der Waals surface area (Å²) in [4.78, 5) is 20.9. The average Bonchev–Trinajstić information content (AvgIpc) is 1.94. The Bertz CT molecular complexity index is 343. The molecule has 0 amide bonds. The van der Waals surface area contributed by atoms with E-state index in [1.807, 2.05) is 5.10 Å². The maximum absolute atomic E-state index is 10.7. The van der Waals surface area contributed by atoms with Crippen molar-refractivity contribution in [2.24, 2.45) is 0 Å². The number of nitrogens with zero attached hydrogens (tertiary/aromatic N) is 1. The Hall–Kier alpha value is -1.85. The second-order valence-corrected chi connectivity index (χ2v) is 1.84. The molecule has 1 heterocycles. The van der Waals surface area contributed by atoms with Crippen molar-refractivity contribution in [2.45, 2.75) is 0 Å². The van der Waals surface area contributed by atoms with Gasteiger partial charge < -0.3 is 10.8 Å². The Labute approximate surface area is 60.7 Å². The number of carbonyl (C=O) groups is 1. The van der Waals surface area contributed by atoms with Gasteiger partial charge in [-0.3, -0.25) is 4.79 Å². The number of rotatable bonds is 1. The van der Waals surface area contributed by atoms with Crippen molar-refractivity contribution >= 4 is 11.8 Å². The van der Waals surface area contributed by atoms with Crippen LogP contribution in [0.2, 0.25) is 0 Å². The zero-order valence-electron chi connectivity index (χ0n) is 5.37. The van der Waals surface area contributed by atoms with Crippen molar-refractivity contribution in [3.63, 3.8) is 0 Å². The van der Waals surface area contributed by atoms with E-state index in [2.05, 4.69) is 5.10 Å². The fourth-order valence-electron chi connectivity index (χ4n) is 0.580. The molecule has 0 saturated heterocycles. The summed E-state index contributed by atoms with van der Waals surface area (Å²) < 4.78 is 0. The Morgan fingerprint density at radius 1 is 1.73 bits per heavy atom. The summed E-state index contributed by atoms with van der Waals surface area (Å²) in [6.45, 7) is 0. The van der Waals surface area contributed by atoms with E-state index in [0.717, 1.165) is 6.07 Å². The lowest BCUT2D eigenvalue weighted by Crippen LogP contribution is -2.19. The molecule has 6 heteroatoms. The van der Waals surface area contributed by atoms with Gasteiger partial charge in [-0.2, -0.15) is 5.10 Å². The molecule has 0 unspecified atom stereocenters. The van der Waals surface area contributed by atoms with Crippen LogP contribution in [0.25, 0.3) is 0 Å². The zero-order valence-corrected chi connectivity index (χ0v) is 5.37. The van der Waals surface area contributed by atoms with Gasteiger partial charge in [-0.1, -0.05) is 0 Å². The third-order valence-electron chi connectivity index (χ3n) is 1.05. The van der Waals surface area contributed by atoms with Gasteiger partial charge >= 0.3 is 5.97 Å². The molecule has 1 aromatic rings. The quantitative estimate of drug-likeness (QED) is 0.484. The van der Waals surface area contributed by atoms with Crippen molar-refractivity contribution in [3.8, 4) is 0 Å². The molecule has 0 bridgehead atoms. The summed E-state index contributed by atoms with van der Waals surface area (Å²) >= 11 is 0. The first kappa shape index (κ1) is 7.26. The van der Waals surface area contributed by atoms with Crippen LogP contribution in [0.5, 0.6) is 0 Å². The van der Waals surface area contributed by atoms with Gasteiger partial charge in [0.15, 0.2) is 0 Å². The minimum absolute atomic E-state index is 0.0259. The maximum Gasteiger partial charge on any atom is 0.341 e. The molecule has 0 aliphatic carbocycles. The highest BCUT2D eigenvalue weighted by Crippen LogP contribution is 1.94. The molecule has 1 rings (SSSR count). The van der Waals surface area contributed by atoms with Crippen LogP contribution in [-0.2, 0) is 0 Å². The van der Waals surface area contributed by atoms with E-state index in [0.29, 0.717) is 0 Å². The van der Waals surface area contributed by atoms with E-state index in [1.165, 1.54) is 0 Å². The molecular weight excluding hydrogens is 150 g/mol. The van der Waals surface area contributed by atoms with Gasteiger partial charge in [0.05, 0.1) is 0 Å². The van der Waals surface area contributed by atoms with E-state index < -0.39 is 17.1 Å². The minimum atomic E-state index is -1.32. The Morgan fingerprint density at radius 2 is 2.36 bits per heavy atom. The van der Waals surface area contributed by atoms with Crippen molar-refractivity contribution in [1.29, 1.82) is 0 Å². The SMILES string of the molecule is Nc1cc(C(=O)O)c(=O)[nH]n1. The molecule has 0 aliphatic rings. The Morgan fingerprint density at radius 3 is 2.82 bits per heavy atom. The summed E-state index contributed by atoms with van der Waals surface area (Å²) in [7, 11) is 0. The zero-order chi connectivity index (χ0) is 8.43. The van der Waals surface area contributed by atoms with E-state index >= 15 is 0 Å². The lowest BCUT2D eigenvalue weighted by molar-refractivity contribution is 0.0694. The highest BCUT2D eigenvalue weighted by Gasteiger charge is 2.08. The third-order valence-corrected chi connectivity index (χ3v) is 1.05. The largest absolute Gasteiger partial charge is 0.477 e. The lowest BCUT2D eigenvalue weighted by Gasteiger charge is -1.92. The number of nitrogen functional groups attached to an aromatic ring is 1. The summed E-state index contributed by atoms with van der Waals surface area (Å²) in [6, 6.07) is 1.00. The summed E-state index contributed by atoms with van der Waals surface area (Å²) in [5, 5.41) is 13.6. The average molecular weight is 155 g/mol. The lowest BCUT2D eigenvalue weighted by atomic mass is 10.3. The molecule has 0 aliphatic heterocycles. The smallest absolute Gasteiger partial charge is 0.341 e. The molecule has 58 valence electrons. The first-order valence-corrected chi connectivity index (χ1v) is 2.70. The Balaban J connectivity index is 3.35. The standard InChI is InChI=1S/C5H5N3O3/c6-3-1-2(5(10)11)4(9)8-7-3/h1H,(H2,6,7)(H,8,9)(H,10,11). The topological polar surface area (TPSA) is 109 Å². The second kappa shape index (κ2) is 2.41. The summed E-state index contributed by atoms with van der Waals surface area (Å²) in [5.74, 6) is -1.35. The fourth-order valence-corrected chi connectivity index (χ4v) is 0.580. The van der Waals surface area contributed by atoms with Crippen LogP contribution in [0, 0.1) is 0 Å². The molecule has 1 aromatic heterocycles. The number of nitrogens with one attached hydrogen (secondary N) is 1. The highest BCUT2D eigenvalue weighted by molar-refractivity contribution is 5.87. The van der Waals surface area contributed by atoms with E-state index in [-0.39, 0.29) is 5.82 Å². The number of carboxylic acid groups (broad SMARTS) is 1. The molecule has 4 N–H and O–H groups in total. The first-order valence-electron chi connectivity index (χ1n) is 2.70. The summed E-state index contributed by atoms with van der Waals surface area (Å²) in [6.07, 6.45) is 0. The molecule has 0 spiro atoms. The normalized spacial score (nSPS) is 9.45.